The van der Waals surface area contributed by atoms with Crippen LogP contribution in [0.15, 0.2) is 42.5 Å². The van der Waals surface area contributed by atoms with Crippen LogP contribution in [0.2, 0.25) is 0 Å². The number of benzene rings is 2. The van der Waals surface area contributed by atoms with Crippen LogP contribution in [-0.4, -0.2) is 17.8 Å². The van der Waals surface area contributed by atoms with Crippen LogP contribution in [0.3, 0.4) is 0 Å². The number of methoxy groups -OCH3 is 1. The van der Waals surface area contributed by atoms with E-state index in [4.69, 9.17) is 10.5 Å². The fourth-order valence-electron chi connectivity index (χ4n) is 2.73. The Morgan fingerprint density at radius 1 is 1.18 bits per heavy atom. The number of carbonyl (C=O) groups is 1. The molecule has 0 atom stereocenters. The van der Waals surface area contributed by atoms with Crippen molar-refractivity contribution in [2.45, 2.75) is 6.92 Å². The minimum atomic E-state index is -0.781. The van der Waals surface area contributed by atoms with Crippen molar-refractivity contribution in [3.63, 3.8) is 0 Å². The van der Waals surface area contributed by atoms with Crippen LogP contribution in [0, 0.1) is 6.92 Å². The number of carbonyl (C=O) groups excluding carboxylic acids is 1. The standard InChI is InChI=1S/C17H15FN2O2/c1-10-13-4-3-5-14(11-6-8-12(22-2)9-7-11)16(13)20(18)15(10)17(19)21/h3-9H,1-2H3,(H2,19,21). The quantitative estimate of drug-likeness (QED) is 0.805. The largest absolute Gasteiger partial charge is 0.497 e. The molecule has 0 aliphatic heterocycles. The van der Waals surface area contributed by atoms with Gasteiger partial charge in [-0.25, -0.2) is 0 Å². The number of rotatable bonds is 3. The highest BCUT2D eigenvalue weighted by Gasteiger charge is 2.21. The minimum absolute atomic E-state index is 0.115. The SMILES string of the molecule is COc1ccc(-c2cccc3c(C)c(C(N)=O)n(F)c23)cc1. The van der Waals surface area contributed by atoms with E-state index in [1.807, 2.05) is 36.4 Å². The number of amides is 1. The van der Waals surface area contributed by atoms with E-state index in [0.717, 1.165) is 11.3 Å². The number of ether oxygens (including phenoxy) is 1. The summed E-state index contributed by atoms with van der Waals surface area (Å²) in [5, 5.41) is 0.671. The molecule has 0 saturated carbocycles. The normalized spacial score (nSPS) is 10.9. The van der Waals surface area contributed by atoms with Gasteiger partial charge in [0.05, 0.1) is 12.6 Å². The maximum absolute atomic E-state index is 14.6. The van der Waals surface area contributed by atoms with Crippen LogP contribution in [0.4, 0.5) is 4.48 Å². The van der Waals surface area contributed by atoms with Crippen molar-refractivity contribution >= 4 is 16.8 Å². The van der Waals surface area contributed by atoms with Crippen molar-refractivity contribution in [2.24, 2.45) is 5.73 Å². The number of aryl methyl sites for hydroxylation is 1. The van der Waals surface area contributed by atoms with Crippen molar-refractivity contribution in [2.75, 3.05) is 7.11 Å². The fraction of sp³-hybridized carbons (Fsp3) is 0.118. The lowest BCUT2D eigenvalue weighted by molar-refractivity contribution is 0.0982. The zero-order valence-corrected chi connectivity index (χ0v) is 12.3. The molecule has 2 N–H and O–H groups in total. The summed E-state index contributed by atoms with van der Waals surface area (Å²) in [7, 11) is 1.59. The van der Waals surface area contributed by atoms with Crippen molar-refractivity contribution in [1.29, 1.82) is 0 Å². The van der Waals surface area contributed by atoms with Gasteiger partial charge in [-0.05, 0) is 30.2 Å². The topological polar surface area (TPSA) is 57.2 Å². The number of para-hydroxylation sites is 1. The Morgan fingerprint density at radius 2 is 1.86 bits per heavy atom. The van der Waals surface area contributed by atoms with Crippen molar-refractivity contribution in [1.82, 2.24) is 4.79 Å². The van der Waals surface area contributed by atoms with Gasteiger partial charge in [0.25, 0.3) is 5.91 Å². The van der Waals surface area contributed by atoms with Crippen molar-refractivity contribution in [3.05, 3.63) is 53.7 Å². The second-order valence-corrected chi connectivity index (χ2v) is 5.05. The molecule has 0 unspecified atom stereocenters. The monoisotopic (exact) mass is 298 g/mol. The van der Waals surface area contributed by atoms with Gasteiger partial charge in [0.2, 0.25) is 0 Å². The van der Waals surface area contributed by atoms with Crippen molar-refractivity contribution < 1.29 is 14.0 Å². The van der Waals surface area contributed by atoms with E-state index in [9.17, 15) is 9.28 Å². The Morgan fingerprint density at radius 3 is 2.45 bits per heavy atom. The number of nitrogens with zero attached hydrogens (tertiary/aromatic N) is 1. The second kappa shape index (κ2) is 5.18. The molecule has 5 heteroatoms. The van der Waals surface area contributed by atoms with Crippen LogP contribution in [0.25, 0.3) is 22.0 Å². The molecule has 2 aromatic carbocycles. The maximum Gasteiger partial charge on any atom is 0.268 e. The summed E-state index contributed by atoms with van der Waals surface area (Å²) in [5.74, 6) is -0.0579. The van der Waals surface area contributed by atoms with Crippen LogP contribution >= 0.6 is 0 Å². The third kappa shape index (κ3) is 2.02. The van der Waals surface area contributed by atoms with Gasteiger partial charge in [-0.1, -0.05) is 34.8 Å². The highest BCUT2D eigenvalue weighted by Crippen LogP contribution is 2.34. The molecular weight excluding hydrogens is 283 g/mol. The van der Waals surface area contributed by atoms with E-state index < -0.39 is 5.91 Å². The van der Waals surface area contributed by atoms with Crippen LogP contribution in [-0.2, 0) is 0 Å². The lowest BCUT2D eigenvalue weighted by Crippen LogP contribution is -2.15. The van der Waals surface area contributed by atoms with Gasteiger partial charge in [-0.15, -0.1) is 0 Å². The summed E-state index contributed by atoms with van der Waals surface area (Å²) in [6.45, 7) is 1.69. The number of fused-ring (bicyclic) bond motifs is 1. The molecule has 0 fully saturated rings. The number of hydrogen-bond acceptors (Lipinski definition) is 2. The summed E-state index contributed by atoms with van der Waals surface area (Å²) in [6.07, 6.45) is 0. The van der Waals surface area contributed by atoms with Gasteiger partial charge < -0.3 is 10.5 Å². The van der Waals surface area contributed by atoms with Gasteiger partial charge >= 0.3 is 0 Å². The Labute approximate surface area is 126 Å². The molecule has 0 aliphatic carbocycles. The van der Waals surface area contributed by atoms with E-state index >= 15 is 0 Å². The van der Waals surface area contributed by atoms with Crippen LogP contribution in [0.5, 0.6) is 5.75 Å². The third-order valence-electron chi connectivity index (χ3n) is 3.82. The third-order valence-corrected chi connectivity index (χ3v) is 3.82. The molecule has 0 spiro atoms. The number of aromatic nitrogens is 1. The fourth-order valence-corrected chi connectivity index (χ4v) is 2.73. The first-order chi connectivity index (χ1) is 10.5. The van der Waals surface area contributed by atoms with E-state index in [-0.39, 0.29) is 5.69 Å². The van der Waals surface area contributed by atoms with Gasteiger partial charge in [-0.2, -0.15) is 4.79 Å². The van der Waals surface area contributed by atoms with E-state index in [1.54, 1.807) is 20.1 Å². The first kappa shape index (κ1) is 14.1. The molecule has 4 nitrogen and oxygen atoms in total. The highest BCUT2D eigenvalue weighted by atomic mass is 19.2. The molecule has 0 bridgehead atoms. The minimum Gasteiger partial charge on any atom is -0.497 e. The molecule has 3 aromatic rings. The number of nitrogens with two attached hydrogens (primary N) is 1. The molecule has 112 valence electrons. The first-order valence-corrected chi connectivity index (χ1v) is 6.79. The van der Waals surface area contributed by atoms with E-state index in [2.05, 4.69) is 0 Å². The predicted octanol–water partition coefficient (Wildman–Crippen LogP) is 3.46. The Kier molecular flexibility index (Phi) is 3.33. The van der Waals surface area contributed by atoms with Gasteiger partial charge in [-0.3, -0.25) is 4.79 Å². The molecule has 0 saturated heterocycles. The van der Waals surface area contributed by atoms with Crippen LogP contribution < -0.4 is 10.5 Å². The zero-order chi connectivity index (χ0) is 15.9. The molecule has 0 aliphatic rings. The summed E-state index contributed by atoms with van der Waals surface area (Å²) < 4.78 is 19.8. The van der Waals surface area contributed by atoms with Gasteiger partial charge in [0.15, 0.2) is 0 Å². The smallest absolute Gasteiger partial charge is 0.268 e. The lowest BCUT2D eigenvalue weighted by atomic mass is 10.0. The summed E-state index contributed by atoms with van der Waals surface area (Å²) in [6, 6.07) is 12.7. The number of hydrogen-bond donors (Lipinski definition) is 1. The molecule has 3 rings (SSSR count). The van der Waals surface area contributed by atoms with Crippen LogP contribution in [0.1, 0.15) is 16.1 Å². The Hall–Kier alpha value is -2.82. The second-order valence-electron chi connectivity index (χ2n) is 5.05. The zero-order valence-electron chi connectivity index (χ0n) is 12.3. The first-order valence-electron chi connectivity index (χ1n) is 6.79. The highest BCUT2D eigenvalue weighted by molar-refractivity contribution is 6.04. The summed E-state index contributed by atoms with van der Waals surface area (Å²) >= 11 is 0. The molecule has 0 radical (unpaired) electrons. The summed E-state index contributed by atoms with van der Waals surface area (Å²) in [5.41, 5.74) is 7.59. The van der Waals surface area contributed by atoms with Crippen molar-refractivity contribution in [3.8, 4) is 16.9 Å². The Bertz CT molecular complexity index is 866. The predicted molar refractivity (Wildman–Crippen MR) is 83.7 cm³/mol. The maximum atomic E-state index is 14.6. The molecular formula is C17H15FN2O2. The molecule has 1 amide bonds. The average Bonchev–Trinajstić information content (AvgIpc) is 2.79. The average molecular weight is 298 g/mol. The lowest BCUT2D eigenvalue weighted by Gasteiger charge is -2.06. The molecule has 1 heterocycles. The number of halogens is 1. The Balaban J connectivity index is 2.30. The van der Waals surface area contributed by atoms with Gasteiger partial charge in [0.1, 0.15) is 11.4 Å². The van der Waals surface area contributed by atoms with Gasteiger partial charge in [0, 0.05) is 10.9 Å². The van der Waals surface area contributed by atoms with E-state index in [0.29, 0.717) is 26.8 Å². The van der Waals surface area contributed by atoms with E-state index in [1.165, 1.54) is 0 Å². The molecule has 22 heavy (non-hydrogen) atoms. The summed E-state index contributed by atoms with van der Waals surface area (Å²) in [4.78, 5) is 11.9. The molecule has 1 aromatic heterocycles. The number of primary amides is 1.